The van der Waals surface area contributed by atoms with E-state index in [4.69, 9.17) is 4.42 Å². The molecule has 0 saturated heterocycles. The molecule has 0 aliphatic rings. The van der Waals surface area contributed by atoms with Crippen LogP contribution < -0.4 is 10.6 Å². The molecule has 1 unspecified atom stereocenters. The van der Waals surface area contributed by atoms with Crippen molar-refractivity contribution in [3.8, 4) is 0 Å². The summed E-state index contributed by atoms with van der Waals surface area (Å²) in [7, 11) is 3.37. The monoisotopic (exact) mass is 374 g/mol. The first-order valence-corrected chi connectivity index (χ1v) is 8.90. The molecule has 0 radical (unpaired) electrons. The molecule has 2 N–H and O–H groups in total. The number of hydrogen-bond acceptors (Lipinski definition) is 3. The molecular weight excluding hydrogens is 347 g/mol. The van der Waals surface area contributed by atoms with Crippen molar-refractivity contribution in [2.75, 3.05) is 27.2 Å². The number of aliphatic imine (C=N–C) groups is 1. The third-order valence-electron chi connectivity index (χ3n) is 4.16. The van der Waals surface area contributed by atoms with Gasteiger partial charge >= 0.3 is 0 Å². The predicted molar refractivity (Wildman–Crippen MR) is 104 cm³/mol. The lowest BCUT2D eigenvalue weighted by atomic mass is 10.1. The van der Waals surface area contributed by atoms with Crippen LogP contribution in [0.4, 0.5) is 4.39 Å². The van der Waals surface area contributed by atoms with Crippen LogP contribution in [0.5, 0.6) is 0 Å². The zero-order valence-electron chi connectivity index (χ0n) is 16.3. The molecule has 1 amide bonds. The zero-order valence-corrected chi connectivity index (χ0v) is 16.3. The van der Waals surface area contributed by atoms with Crippen molar-refractivity contribution in [1.29, 1.82) is 0 Å². The van der Waals surface area contributed by atoms with Gasteiger partial charge in [0, 0.05) is 27.1 Å². The largest absolute Gasteiger partial charge is 0.469 e. The van der Waals surface area contributed by atoms with Crippen LogP contribution in [0, 0.1) is 12.7 Å². The van der Waals surface area contributed by atoms with Crippen LogP contribution in [-0.4, -0.2) is 44.0 Å². The lowest BCUT2D eigenvalue weighted by Crippen LogP contribution is -2.40. The average Bonchev–Trinajstić information content (AvgIpc) is 3.14. The number of likely N-dealkylation sites (N-methyl/N-ethyl adjacent to an activating group) is 1. The lowest BCUT2D eigenvalue weighted by Gasteiger charge is -2.19. The maximum Gasteiger partial charge on any atom is 0.243 e. The van der Waals surface area contributed by atoms with Crippen molar-refractivity contribution in [2.24, 2.45) is 4.99 Å². The first-order chi connectivity index (χ1) is 12.9. The van der Waals surface area contributed by atoms with Gasteiger partial charge in [0.25, 0.3) is 0 Å². The van der Waals surface area contributed by atoms with Crippen LogP contribution in [0.25, 0.3) is 0 Å². The molecule has 7 heteroatoms. The van der Waals surface area contributed by atoms with E-state index in [0.717, 1.165) is 11.3 Å². The molecule has 0 aliphatic heterocycles. The molecule has 0 bridgehead atoms. The molecule has 0 aliphatic carbocycles. The van der Waals surface area contributed by atoms with Gasteiger partial charge in [-0.1, -0.05) is 12.1 Å². The maximum absolute atomic E-state index is 13.8. The van der Waals surface area contributed by atoms with E-state index in [1.807, 2.05) is 25.1 Å². The molecule has 146 valence electrons. The summed E-state index contributed by atoms with van der Waals surface area (Å²) >= 11 is 0. The van der Waals surface area contributed by atoms with E-state index in [2.05, 4.69) is 15.6 Å². The third kappa shape index (κ3) is 6.44. The van der Waals surface area contributed by atoms with E-state index in [1.165, 1.54) is 11.0 Å². The van der Waals surface area contributed by atoms with Gasteiger partial charge in [0.15, 0.2) is 5.96 Å². The van der Waals surface area contributed by atoms with Gasteiger partial charge in [-0.3, -0.25) is 4.79 Å². The van der Waals surface area contributed by atoms with Crippen LogP contribution in [0.3, 0.4) is 0 Å². The molecule has 1 aromatic carbocycles. The van der Waals surface area contributed by atoms with Gasteiger partial charge in [-0.05, 0) is 43.2 Å². The molecule has 6 nitrogen and oxygen atoms in total. The van der Waals surface area contributed by atoms with Crippen LogP contribution in [0.2, 0.25) is 0 Å². The van der Waals surface area contributed by atoms with Gasteiger partial charge in [0.2, 0.25) is 5.91 Å². The Morgan fingerprint density at radius 3 is 2.74 bits per heavy atom. The van der Waals surface area contributed by atoms with Crippen molar-refractivity contribution < 1.29 is 13.6 Å². The number of carbonyl (C=O) groups excluding carboxylic acids is 1. The number of nitrogens with zero attached hydrogens (tertiary/aromatic N) is 2. The highest BCUT2D eigenvalue weighted by atomic mass is 19.1. The molecule has 27 heavy (non-hydrogen) atoms. The maximum atomic E-state index is 13.8. The summed E-state index contributed by atoms with van der Waals surface area (Å²) in [4.78, 5) is 17.7. The minimum atomic E-state index is -0.242. The van der Waals surface area contributed by atoms with Crippen molar-refractivity contribution in [2.45, 2.75) is 26.3 Å². The van der Waals surface area contributed by atoms with Gasteiger partial charge in [0.05, 0.1) is 12.3 Å². The van der Waals surface area contributed by atoms with E-state index in [1.54, 1.807) is 33.3 Å². The second-order valence-electron chi connectivity index (χ2n) is 6.58. The minimum Gasteiger partial charge on any atom is -0.469 e. The summed E-state index contributed by atoms with van der Waals surface area (Å²) in [5.74, 6) is 1.01. The fourth-order valence-electron chi connectivity index (χ4n) is 2.37. The summed E-state index contributed by atoms with van der Waals surface area (Å²) in [5, 5.41) is 6.42. The van der Waals surface area contributed by atoms with Crippen molar-refractivity contribution >= 4 is 11.9 Å². The Kier molecular flexibility index (Phi) is 7.40. The Labute approximate surface area is 159 Å². The number of hydrogen-bond donors (Lipinski definition) is 2. The molecular formula is C20H27FN4O2. The Morgan fingerprint density at radius 1 is 1.33 bits per heavy atom. The molecule has 0 saturated carbocycles. The lowest BCUT2D eigenvalue weighted by molar-refractivity contribution is -0.127. The smallest absolute Gasteiger partial charge is 0.243 e. The number of halogens is 1. The number of benzene rings is 1. The van der Waals surface area contributed by atoms with Crippen LogP contribution in [0.15, 0.2) is 46.0 Å². The molecule has 0 fully saturated rings. The normalized spacial score (nSPS) is 12.6. The average molecular weight is 374 g/mol. The second kappa shape index (κ2) is 9.75. The van der Waals surface area contributed by atoms with Gasteiger partial charge in [-0.15, -0.1) is 0 Å². The van der Waals surface area contributed by atoms with Crippen molar-refractivity contribution in [3.05, 3.63) is 59.3 Å². The Balaban J connectivity index is 2.03. The van der Waals surface area contributed by atoms with Gasteiger partial charge in [0.1, 0.15) is 18.1 Å². The number of guanidine groups is 1. The molecule has 1 aromatic heterocycles. The summed E-state index contributed by atoms with van der Waals surface area (Å²) in [5.41, 5.74) is 1.41. The van der Waals surface area contributed by atoms with E-state index in [9.17, 15) is 9.18 Å². The summed E-state index contributed by atoms with van der Waals surface area (Å²) in [6, 6.07) is 8.70. The molecule has 2 rings (SSSR count). The SMILES string of the molecule is Cc1ccc(C(C)NC(=NCC(=O)N(C)C)NCCc2ccco2)cc1F. The Hall–Kier alpha value is -2.83. The summed E-state index contributed by atoms with van der Waals surface area (Å²) in [6.45, 7) is 4.26. The highest BCUT2D eigenvalue weighted by Gasteiger charge is 2.11. The van der Waals surface area contributed by atoms with Gasteiger partial charge in [-0.2, -0.15) is 0 Å². The van der Waals surface area contributed by atoms with E-state index >= 15 is 0 Å². The number of furan rings is 1. The zero-order chi connectivity index (χ0) is 19.8. The van der Waals surface area contributed by atoms with Crippen LogP contribution in [-0.2, 0) is 11.2 Å². The summed E-state index contributed by atoms with van der Waals surface area (Å²) in [6.07, 6.45) is 2.31. The first-order valence-electron chi connectivity index (χ1n) is 8.90. The fraction of sp³-hybridized carbons (Fsp3) is 0.400. The quantitative estimate of drug-likeness (QED) is 0.577. The van der Waals surface area contributed by atoms with Crippen LogP contribution in [0.1, 0.15) is 29.9 Å². The van der Waals surface area contributed by atoms with Crippen LogP contribution >= 0.6 is 0 Å². The first kappa shape index (κ1) is 20.5. The summed E-state index contributed by atoms with van der Waals surface area (Å²) < 4.78 is 19.2. The Bertz CT molecular complexity index is 772. The number of nitrogens with one attached hydrogen (secondary N) is 2. The minimum absolute atomic E-state index is 0.0259. The highest BCUT2D eigenvalue weighted by Crippen LogP contribution is 2.16. The van der Waals surface area contributed by atoms with Gasteiger partial charge < -0.3 is 20.0 Å². The molecule has 1 atom stereocenters. The number of amides is 1. The van der Waals surface area contributed by atoms with Crippen molar-refractivity contribution in [1.82, 2.24) is 15.5 Å². The second-order valence-corrected chi connectivity index (χ2v) is 6.58. The van der Waals surface area contributed by atoms with E-state index in [-0.39, 0.29) is 24.3 Å². The number of carbonyl (C=O) groups is 1. The predicted octanol–water partition coefficient (Wildman–Crippen LogP) is 2.65. The molecule has 1 heterocycles. The van der Waals surface area contributed by atoms with Crippen molar-refractivity contribution in [3.63, 3.8) is 0 Å². The third-order valence-corrected chi connectivity index (χ3v) is 4.16. The molecule has 2 aromatic rings. The standard InChI is InChI=1S/C20H27FN4O2/c1-14-7-8-16(12-18(14)21)15(2)24-20(23-13-19(26)25(3)4)22-10-9-17-6-5-11-27-17/h5-8,11-12,15H,9-10,13H2,1-4H3,(H2,22,23,24). The Morgan fingerprint density at radius 2 is 2.11 bits per heavy atom. The molecule has 0 spiro atoms. The fourth-order valence-corrected chi connectivity index (χ4v) is 2.37. The number of rotatable bonds is 7. The topological polar surface area (TPSA) is 69.9 Å². The van der Waals surface area contributed by atoms with Gasteiger partial charge in [-0.25, -0.2) is 9.38 Å². The number of aryl methyl sites for hydroxylation is 1. The van der Waals surface area contributed by atoms with E-state index in [0.29, 0.717) is 24.5 Å². The van der Waals surface area contributed by atoms with E-state index < -0.39 is 0 Å². The highest BCUT2D eigenvalue weighted by molar-refractivity contribution is 5.85.